The maximum absolute atomic E-state index is 12.6. The summed E-state index contributed by atoms with van der Waals surface area (Å²) in [4.78, 5) is 16.6. The van der Waals surface area contributed by atoms with E-state index in [4.69, 9.17) is 0 Å². The van der Waals surface area contributed by atoms with Crippen LogP contribution in [0.25, 0.3) is 0 Å². The van der Waals surface area contributed by atoms with E-state index >= 15 is 0 Å². The lowest BCUT2D eigenvalue weighted by atomic mass is 9.96. The number of rotatable bonds is 4. The topological polar surface area (TPSA) is 43.8 Å². The predicted octanol–water partition coefficient (Wildman–Crippen LogP) is 1.87. The summed E-state index contributed by atoms with van der Waals surface area (Å²) in [7, 11) is 4.05. The second kappa shape index (κ2) is 7.41. The summed E-state index contributed by atoms with van der Waals surface area (Å²) in [5, 5.41) is 9.87. The van der Waals surface area contributed by atoms with E-state index in [1.165, 1.54) is 38.5 Å². The average molecular weight is 282 g/mol. The maximum Gasteiger partial charge on any atom is 0.223 e. The smallest absolute Gasteiger partial charge is 0.223 e. The summed E-state index contributed by atoms with van der Waals surface area (Å²) < 4.78 is 0. The molecule has 1 amide bonds. The van der Waals surface area contributed by atoms with Crippen LogP contribution in [0.2, 0.25) is 0 Å². The molecule has 0 aromatic carbocycles. The Morgan fingerprint density at radius 1 is 1.20 bits per heavy atom. The number of amides is 1. The van der Waals surface area contributed by atoms with Crippen LogP contribution in [0.15, 0.2) is 0 Å². The summed E-state index contributed by atoms with van der Waals surface area (Å²) in [6.45, 7) is 1.39. The van der Waals surface area contributed by atoms with Gasteiger partial charge in [0.15, 0.2) is 0 Å². The fraction of sp³-hybridized carbons (Fsp3) is 0.938. The summed E-state index contributed by atoms with van der Waals surface area (Å²) in [5.74, 6) is 0.836. The summed E-state index contributed by atoms with van der Waals surface area (Å²) in [6.07, 6.45) is 8.72. The van der Waals surface area contributed by atoms with Crippen LogP contribution >= 0.6 is 0 Å². The molecule has 2 rings (SSSR count). The molecular formula is C16H30N2O2. The largest absolute Gasteiger partial charge is 0.391 e. The van der Waals surface area contributed by atoms with E-state index in [0.717, 1.165) is 13.0 Å². The third kappa shape index (κ3) is 4.45. The van der Waals surface area contributed by atoms with Gasteiger partial charge in [-0.3, -0.25) is 4.79 Å². The van der Waals surface area contributed by atoms with E-state index < -0.39 is 0 Å². The predicted molar refractivity (Wildman–Crippen MR) is 80.5 cm³/mol. The van der Waals surface area contributed by atoms with Crippen LogP contribution in [0.4, 0.5) is 0 Å². The normalized spacial score (nSPS) is 28.9. The fourth-order valence-electron chi connectivity index (χ4n) is 3.72. The first-order valence-corrected chi connectivity index (χ1v) is 8.18. The molecule has 4 nitrogen and oxygen atoms in total. The van der Waals surface area contributed by atoms with Crippen LogP contribution in [0.1, 0.15) is 51.4 Å². The van der Waals surface area contributed by atoms with Crippen LogP contribution in [0.5, 0.6) is 0 Å². The Morgan fingerprint density at radius 3 is 2.45 bits per heavy atom. The number of nitrogens with zero attached hydrogens (tertiary/aromatic N) is 2. The van der Waals surface area contributed by atoms with Gasteiger partial charge < -0.3 is 14.9 Å². The molecule has 1 saturated carbocycles. The third-order valence-corrected chi connectivity index (χ3v) is 4.73. The van der Waals surface area contributed by atoms with Crippen LogP contribution in [-0.4, -0.2) is 60.1 Å². The Balaban J connectivity index is 1.89. The van der Waals surface area contributed by atoms with Crippen LogP contribution < -0.4 is 0 Å². The van der Waals surface area contributed by atoms with Crippen molar-refractivity contribution in [3.8, 4) is 0 Å². The van der Waals surface area contributed by atoms with Crippen molar-refractivity contribution in [2.24, 2.45) is 5.92 Å². The van der Waals surface area contributed by atoms with Crippen molar-refractivity contribution in [3.63, 3.8) is 0 Å². The van der Waals surface area contributed by atoms with Gasteiger partial charge in [-0.15, -0.1) is 0 Å². The molecule has 1 N–H and O–H groups in total. The Morgan fingerprint density at radius 2 is 1.85 bits per heavy atom. The van der Waals surface area contributed by atoms with Crippen LogP contribution in [0, 0.1) is 5.92 Å². The van der Waals surface area contributed by atoms with Crippen molar-refractivity contribution >= 4 is 5.91 Å². The first kappa shape index (κ1) is 15.8. The van der Waals surface area contributed by atoms with Gasteiger partial charge in [0.05, 0.1) is 6.10 Å². The highest BCUT2D eigenvalue weighted by Gasteiger charge is 2.35. The van der Waals surface area contributed by atoms with Crippen LogP contribution in [-0.2, 0) is 4.79 Å². The minimum atomic E-state index is -0.335. The molecule has 2 unspecified atom stereocenters. The molecule has 1 heterocycles. The highest BCUT2D eigenvalue weighted by atomic mass is 16.3. The fourth-order valence-corrected chi connectivity index (χ4v) is 3.72. The molecular weight excluding hydrogens is 252 g/mol. The van der Waals surface area contributed by atoms with E-state index in [1.54, 1.807) is 0 Å². The molecule has 2 fully saturated rings. The van der Waals surface area contributed by atoms with Crippen molar-refractivity contribution in [1.29, 1.82) is 0 Å². The number of aliphatic hydroxyl groups is 1. The average Bonchev–Trinajstić information content (AvgIpc) is 2.59. The Hall–Kier alpha value is -0.610. The number of likely N-dealkylation sites (N-methyl/N-ethyl adjacent to an activating group) is 1. The van der Waals surface area contributed by atoms with Crippen molar-refractivity contribution < 1.29 is 9.90 Å². The lowest BCUT2D eigenvalue weighted by Crippen LogP contribution is -2.42. The molecule has 0 bridgehead atoms. The van der Waals surface area contributed by atoms with E-state index in [0.29, 0.717) is 18.9 Å². The molecule has 0 aromatic rings. The zero-order valence-corrected chi connectivity index (χ0v) is 13.1. The Kier molecular flexibility index (Phi) is 5.85. The quantitative estimate of drug-likeness (QED) is 0.801. The van der Waals surface area contributed by atoms with Gasteiger partial charge in [-0.05, 0) is 39.3 Å². The zero-order chi connectivity index (χ0) is 14.5. The Labute approximate surface area is 123 Å². The number of β-amino-alcohol motifs (C(OH)–C–C–N with tert-alkyl or cyclic N) is 1. The number of likely N-dealkylation sites (tertiary alicyclic amines) is 1. The number of carbonyl (C=O) groups excluding carboxylic acids is 1. The summed E-state index contributed by atoms with van der Waals surface area (Å²) >= 11 is 0. The highest BCUT2D eigenvalue weighted by Crippen LogP contribution is 2.28. The van der Waals surface area contributed by atoms with Gasteiger partial charge in [0.25, 0.3) is 0 Å². The molecule has 1 saturated heterocycles. The lowest BCUT2D eigenvalue weighted by molar-refractivity contribution is -0.133. The molecule has 2 aliphatic rings. The number of carbonyl (C=O) groups is 1. The SMILES string of the molecule is CN(C)CC1CC(O)CN1C(=O)CC1CCCCCC1. The van der Waals surface area contributed by atoms with Crippen LogP contribution in [0.3, 0.4) is 0 Å². The monoisotopic (exact) mass is 282 g/mol. The first-order valence-electron chi connectivity index (χ1n) is 8.18. The highest BCUT2D eigenvalue weighted by molar-refractivity contribution is 5.77. The zero-order valence-electron chi connectivity index (χ0n) is 13.1. The minimum absolute atomic E-state index is 0.193. The lowest BCUT2D eigenvalue weighted by Gasteiger charge is -2.28. The van der Waals surface area contributed by atoms with Gasteiger partial charge >= 0.3 is 0 Å². The maximum atomic E-state index is 12.6. The molecule has 1 aliphatic carbocycles. The molecule has 1 aliphatic heterocycles. The van der Waals surface area contributed by atoms with Gasteiger partial charge in [0.2, 0.25) is 5.91 Å². The van der Waals surface area contributed by atoms with Gasteiger partial charge in [-0.2, -0.15) is 0 Å². The molecule has 4 heteroatoms. The van der Waals surface area contributed by atoms with E-state index in [-0.39, 0.29) is 18.1 Å². The van der Waals surface area contributed by atoms with E-state index in [2.05, 4.69) is 4.90 Å². The first-order chi connectivity index (χ1) is 9.56. The number of hydrogen-bond donors (Lipinski definition) is 1. The van der Waals surface area contributed by atoms with Crippen molar-refractivity contribution in [1.82, 2.24) is 9.80 Å². The number of aliphatic hydroxyl groups excluding tert-OH is 1. The third-order valence-electron chi connectivity index (χ3n) is 4.73. The molecule has 0 spiro atoms. The molecule has 0 aromatic heterocycles. The van der Waals surface area contributed by atoms with Gasteiger partial charge in [0, 0.05) is 25.6 Å². The Bertz CT molecular complexity index is 312. The summed E-state index contributed by atoms with van der Waals surface area (Å²) in [5.41, 5.74) is 0. The van der Waals surface area contributed by atoms with E-state index in [1.807, 2.05) is 19.0 Å². The second-order valence-electron chi connectivity index (χ2n) is 6.91. The van der Waals surface area contributed by atoms with Gasteiger partial charge in [-0.1, -0.05) is 25.7 Å². The number of hydrogen-bond acceptors (Lipinski definition) is 3. The minimum Gasteiger partial charge on any atom is -0.391 e. The van der Waals surface area contributed by atoms with Crippen molar-refractivity contribution in [3.05, 3.63) is 0 Å². The molecule has 116 valence electrons. The second-order valence-corrected chi connectivity index (χ2v) is 6.91. The standard InChI is InChI=1S/C16H30N2O2/c1-17(2)11-14-10-15(19)12-18(14)16(20)9-13-7-5-3-4-6-8-13/h13-15,19H,3-12H2,1-2H3. The molecule has 20 heavy (non-hydrogen) atoms. The van der Waals surface area contributed by atoms with Gasteiger partial charge in [-0.25, -0.2) is 0 Å². The van der Waals surface area contributed by atoms with E-state index in [9.17, 15) is 9.90 Å². The van der Waals surface area contributed by atoms with Gasteiger partial charge in [0.1, 0.15) is 0 Å². The van der Waals surface area contributed by atoms with Crippen molar-refractivity contribution in [2.75, 3.05) is 27.2 Å². The molecule has 0 radical (unpaired) electrons. The summed E-state index contributed by atoms with van der Waals surface area (Å²) in [6, 6.07) is 0.193. The molecule has 2 atom stereocenters. The van der Waals surface area contributed by atoms with Crippen molar-refractivity contribution in [2.45, 2.75) is 63.5 Å².